The minimum Gasteiger partial charge on any atom is -0.481 e. The molecule has 0 saturated carbocycles. The van der Waals surface area contributed by atoms with Crippen LogP contribution in [0.25, 0.3) is 0 Å². The summed E-state index contributed by atoms with van der Waals surface area (Å²) in [4.78, 5) is 33.5. The number of carboxylic acid groups (broad SMARTS) is 2. The summed E-state index contributed by atoms with van der Waals surface area (Å²) in [5.41, 5.74) is 1.32. The van der Waals surface area contributed by atoms with Gasteiger partial charge in [-0.2, -0.15) is 11.8 Å². The molecule has 0 heterocycles. The third-order valence-corrected chi connectivity index (χ3v) is 7.15. The van der Waals surface area contributed by atoms with Crippen LogP contribution in [0.2, 0.25) is 0 Å². The Morgan fingerprint density at radius 3 is 1.91 bits per heavy atom. The minimum absolute atomic E-state index is 0.210. The first kappa shape index (κ1) is 32.5. The van der Waals surface area contributed by atoms with E-state index in [4.69, 9.17) is 5.11 Å². The Hall–Kier alpha value is -1.50. The number of rotatable bonds is 21. The fourth-order valence-electron chi connectivity index (χ4n) is 3.86. The zero-order valence-corrected chi connectivity index (χ0v) is 22.9. The van der Waals surface area contributed by atoms with E-state index in [1.54, 1.807) is 0 Å². The zero-order valence-electron chi connectivity index (χ0n) is 22.1. The second kappa shape index (κ2) is 19.8. The molecule has 0 fully saturated rings. The van der Waals surface area contributed by atoms with Crippen LogP contribution in [0.15, 0.2) is 11.6 Å². The molecule has 0 aromatic rings. The molecule has 0 radical (unpaired) electrons. The predicted molar refractivity (Wildman–Crippen MR) is 142 cm³/mol. The number of allylic oxidation sites excluding steroid dienone is 1. The molecule has 1 amide bonds. The first-order valence-corrected chi connectivity index (χ1v) is 14.1. The Morgan fingerprint density at radius 1 is 0.824 bits per heavy atom. The zero-order chi connectivity index (χ0) is 25.9. The normalized spacial score (nSPS) is 14.6. The highest BCUT2D eigenvalue weighted by atomic mass is 32.2. The lowest BCUT2D eigenvalue weighted by Gasteiger charge is -2.15. The predicted octanol–water partition coefficient (Wildman–Crippen LogP) is 6.54. The van der Waals surface area contributed by atoms with Gasteiger partial charge in [-0.3, -0.25) is 9.59 Å². The second-order valence-corrected chi connectivity index (χ2v) is 11.4. The molecular weight excluding hydrogens is 450 g/mol. The van der Waals surface area contributed by atoms with E-state index in [-0.39, 0.29) is 18.6 Å². The van der Waals surface area contributed by atoms with Crippen LogP contribution < -0.4 is 5.32 Å². The number of thioether (sulfide) groups is 1. The number of amides is 1. The smallest absolute Gasteiger partial charge is 0.327 e. The van der Waals surface area contributed by atoms with Crippen molar-refractivity contribution in [3.05, 3.63) is 11.6 Å². The molecule has 0 aliphatic heterocycles. The van der Waals surface area contributed by atoms with E-state index in [2.05, 4.69) is 46.0 Å². The quantitative estimate of drug-likeness (QED) is 0.122. The van der Waals surface area contributed by atoms with Crippen molar-refractivity contribution in [2.75, 3.05) is 11.5 Å². The minimum atomic E-state index is -1.10. The second-order valence-electron chi connectivity index (χ2n) is 10.3. The molecule has 0 bridgehead atoms. The Labute approximate surface area is 211 Å². The summed E-state index contributed by atoms with van der Waals surface area (Å²) in [6.45, 7) is 11.5. The van der Waals surface area contributed by atoms with Crippen molar-refractivity contribution in [1.29, 1.82) is 0 Å². The molecule has 6 nitrogen and oxygen atoms in total. The molecule has 0 spiro atoms. The number of carbonyl (C=O) groups excluding carboxylic acids is 1. The number of nitrogens with one attached hydrogen (secondary N) is 1. The molecular formula is C27H49NO5S. The number of hydrogen-bond acceptors (Lipinski definition) is 4. The van der Waals surface area contributed by atoms with Gasteiger partial charge in [-0.25, -0.2) is 4.79 Å². The van der Waals surface area contributed by atoms with Gasteiger partial charge in [0.2, 0.25) is 5.91 Å². The fourth-order valence-corrected chi connectivity index (χ4v) is 4.86. The van der Waals surface area contributed by atoms with Gasteiger partial charge < -0.3 is 15.5 Å². The number of hydrogen-bond donors (Lipinski definition) is 3. The summed E-state index contributed by atoms with van der Waals surface area (Å²) >= 11 is 1.46. The molecule has 0 aromatic heterocycles. The van der Waals surface area contributed by atoms with Gasteiger partial charge >= 0.3 is 11.9 Å². The van der Waals surface area contributed by atoms with Crippen molar-refractivity contribution in [3.63, 3.8) is 0 Å². The van der Waals surface area contributed by atoms with Gasteiger partial charge in [0.15, 0.2) is 0 Å². The maximum atomic E-state index is 11.7. The molecule has 3 N–H and O–H groups in total. The van der Waals surface area contributed by atoms with E-state index in [1.807, 2.05) is 0 Å². The summed E-state index contributed by atoms with van der Waals surface area (Å²) in [5, 5.41) is 20.3. The molecule has 3 atom stereocenters. The van der Waals surface area contributed by atoms with E-state index in [9.17, 15) is 19.5 Å². The van der Waals surface area contributed by atoms with Crippen molar-refractivity contribution in [2.24, 2.45) is 17.8 Å². The Bertz CT molecular complexity index is 620. The van der Waals surface area contributed by atoms with Crippen LogP contribution in [0.4, 0.5) is 0 Å². The topological polar surface area (TPSA) is 104 Å². The molecule has 0 rings (SSSR count). The SMILES string of the molecule is CC(=CCSCC(NC(=O)CCC(=O)O)C(=O)O)CCCC(C)CCCC(C)CCCC(C)C. The maximum absolute atomic E-state index is 11.7. The summed E-state index contributed by atoms with van der Waals surface area (Å²) in [5.74, 6) is 0.643. The number of carboxylic acids is 2. The van der Waals surface area contributed by atoms with Crippen LogP contribution in [0, 0.1) is 17.8 Å². The third-order valence-electron chi connectivity index (χ3n) is 6.17. The first-order chi connectivity index (χ1) is 16.0. The molecule has 0 aliphatic rings. The van der Waals surface area contributed by atoms with E-state index in [0.29, 0.717) is 5.75 Å². The van der Waals surface area contributed by atoms with E-state index >= 15 is 0 Å². The summed E-state index contributed by atoms with van der Waals surface area (Å²) < 4.78 is 0. The van der Waals surface area contributed by atoms with Crippen molar-refractivity contribution >= 4 is 29.6 Å². The van der Waals surface area contributed by atoms with E-state index < -0.39 is 23.9 Å². The molecule has 0 aliphatic carbocycles. The van der Waals surface area contributed by atoms with Crippen LogP contribution in [-0.4, -0.2) is 45.6 Å². The van der Waals surface area contributed by atoms with Crippen LogP contribution in [-0.2, 0) is 14.4 Å². The van der Waals surface area contributed by atoms with Gasteiger partial charge in [-0.15, -0.1) is 0 Å². The molecule has 0 aromatic carbocycles. The maximum Gasteiger partial charge on any atom is 0.327 e. The average molecular weight is 500 g/mol. The van der Waals surface area contributed by atoms with Crippen LogP contribution in [0.3, 0.4) is 0 Å². The van der Waals surface area contributed by atoms with Crippen molar-refractivity contribution in [2.45, 2.75) is 111 Å². The summed E-state index contributed by atoms with van der Waals surface area (Å²) in [7, 11) is 0. The lowest BCUT2D eigenvalue weighted by molar-refractivity contribution is -0.141. The van der Waals surface area contributed by atoms with Gasteiger partial charge in [-0.05, 0) is 37.5 Å². The Balaban J connectivity index is 3.99. The lowest BCUT2D eigenvalue weighted by Crippen LogP contribution is -2.42. The van der Waals surface area contributed by atoms with Gasteiger partial charge in [0.05, 0.1) is 6.42 Å². The molecule has 0 saturated heterocycles. The van der Waals surface area contributed by atoms with E-state index in [1.165, 1.54) is 68.7 Å². The highest BCUT2D eigenvalue weighted by Crippen LogP contribution is 2.22. The van der Waals surface area contributed by atoms with Crippen LogP contribution in [0.5, 0.6) is 0 Å². The first-order valence-electron chi connectivity index (χ1n) is 13.0. The lowest BCUT2D eigenvalue weighted by atomic mass is 9.91. The summed E-state index contributed by atoms with van der Waals surface area (Å²) in [6, 6.07) is -1.00. The molecule has 7 heteroatoms. The van der Waals surface area contributed by atoms with Crippen molar-refractivity contribution < 1.29 is 24.6 Å². The standard InChI is InChI=1S/C27H49NO5S/c1-20(2)9-6-10-21(3)11-7-12-22(4)13-8-14-23(5)17-18-34-19-24(27(32)33)28-25(29)15-16-26(30)31/h17,20-22,24H,6-16,18-19H2,1-5H3,(H,28,29)(H,30,31)(H,32,33). The monoisotopic (exact) mass is 499 g/mol. The van der Waals surface area contributed by atoms with Crippen LogP contribution in [0.1, 0.15) is 105 Å². The van der Waals surface area contributed by atoms with Crippen LogP contribution >= 0.6 is 11.8 Å². The molecule has 34 heavy (non-hydrogen) atoms. The van der Waals surface area contributed by atoms with Gasteiger partial charge in [0, 0.05) is 17.9 Å². The fraction of sp³-hybridized carbons (Fsp3) is 0.815. The van der Waals surface area contributed by atoms with Crippen molar-refractivity contribution in [1.82, 2.24) is 5.32 Å². The highest BCUT2D eigenvalue weighted by molar-refractivity contribution is 7.99. The third kappa shape index (κ3) is 19.9. The van der Waals surface area contributed by atoms with Gasteiger partial charge in [0.1, 0.15) is 6.04 Å². The van der Waals surface area contributed by atoms with Crippen molar-refractivity contribution in [3.8, 4) is 0 Å². The van der Waals surface area contributed by atoms with E-state index in [0.717, 1.165) is 24.2 Å². The Kier molecular flexibility index (Phi) is 18.9. The molecule has 3 unspecified atom stereocenters. The van der Waals surface area contributed by atoms with Gasteiger partial charge in [0.25, 0.3) is 0 Å². The van der Waals surface area contributed by atoms with Gasteiger partial charge in [-0.1, -0.05) is 84.3 Å². The molecule has 198 valence electrons. The summed E-state index contributed by atoms with van der Waals surface area (Å²) in [6.07, 6.45) is 13.1. The average Bonchev–Trinajstić information content (AvgIpc) is 2.73. The highest BCUT2D eigenvalue weighted by Gasteiger charge is 2.20. The number of aliphatic carboxylic acids is 2. The Morgan fingerprint density at radius 2 is 1.38 bits per heavy atom. The largest absolute Gasteiger partial charge is 0.481 e. The number of carbonyl (C=O) groups is 3.